The SMILES string of the molecule is O=C(O)CNC(=O)N1CCc2ccccc21. The highest BCUT2D eigenvalue weighted by molar-refractivity contribution is 5.95. The van der Waals surface area contributed by atoms with Gasteiger partial charge in [-0.15, -0.1) is 0 Å². The highest BCUT2D eigenvalue weighted by Gasteiger charge is 2.23. The maximum atomic E-state index is 11.7. The van der Waals surface area contributed by atoms with E-state index in [9.17, 15) is 9.59 Å². The lowest BCUT2D eigenvalue weighted by Gasteiger charge is -2.17. The maximum Gasteiger partial charge on any atom is 0.323 e. The van der Waals surface area contributed by atoms with E-state index in [1.165, 1.54) is 0 Å². The molecule has 0 saturated carbocycles. The highest BCUT2D eigenvalue weighted by Crippen LogP contribution is 2.26. The Morgan fingerprint density at radius 1 is 1.38 bits per heavy atom. The first-order valence-electron chi connectivity index (χ1n) is 5.03. The van der Waals surface area contributed by atoms with E-state index in [0.29, 0.717) is 6.54 Å². The Balaban J connectivity index is 2.07. The summed E-state index contributed by atoms with van der Waals surface area (Å²) in [5, 5.41) is 10.8. The van der Waals surface area contributed by atoms with Crippen molar-refractivity contribution in [3.63, 3.8) is 0 Å². The third-order valence-electron chi connectivity index (χ3n) is 2.52. The minimum atomic E-state index is -1.04. The van der Waals surface area contributed by atoms with Gasteiger partial charge in [-0.05, 0) is 18.1 Å². The van der Waals surface area contributed by atoms with E-state index in [-0.39, 0.29) is 12.6 Å². The summed E-state index contributed by atoms with van der Waals surface area (Å²) in [6, 6.07) is 7.27. The van der Waals surface area contributed by atoms with Crippen LogP contribution in [0.25, 0.3) is 0 Å². The molecule has 5 heteroatoms. The summed E-state index contributed by atoms with van der Waals surface area (Å²) < 4.78 is 0. The van der Waals surface area contributed by atoms with Crippen molar-refractivity contribution in [2.45, 2.75) is 6.42 Å². The number of benzene rings is 1. The molecule has 1 aliphatic rings. The number of rotatable bonds is 2. The van der Waals surface area contributed by atoms with Crippen LogP contribution >= 0.6 is 0 Å². The average molecular weight is 220 g/mol. The van der Waals surface area contributed by atoms with Crippen LogP contribution in [0.4, 0.5) is 10.5 Å². The van der Waals surface area contributed by atoms with Gasteiger partial charge >= 0.3 is 12.0 Å². The van der Waals surface area contributed by atoms with Crippen molar-refractivity contribution >= 4 is 17.7 Å². The van der Waals surface area contributed by atoms with Crippen LogP contribution in [0, 0.1) is 0 Å². The fourth-order valence-electron chi connectivity index (χ4n) is 1.80. The molecule has 0 aliphatic carbocycles. The Labute approximate surface area is 92.7 Å². The molecule has 1 aromatic rings. The number of hydrogen-bond donors (Lipinski definition) is 2. The zero-order chi connectivity index (χ0) is 11.5. The largest absolute Gasteiger partial charge is 0.480 e. The van der Waals surface area contributed by atoms with E-state index < -0.39 is 5.97 Å². The van der Waals surface area contributed by atoms with Crippen LogP contribution in [-0.4, -0.2) is 30.2 Å². The normalized spacial score (nSPS) is 13.4. The lowest BCUT2D eigenvalue weighted by atomic mass is 10.2. The van der Waals surface area contributed by atoms with E-state index in [1.807, 2.05) is 24.3 Å². The molecular formula is C11H12N2O3. The number of anilines is 1. The standard InChI is InChI=1S/C11H12N2O3/c14-10(15)7-12-11(16)13-6-5-8-3-1-2-4-9(8)13/h1-4H,5-7H2,(H,12,16)(H,14,15). The van der Waals surface area contributed by atoms with Gasteiger partial charge in [-0.3, -0.25) is 9.69 Å². The topological polar surface area (TPSA) is 69.6 Å². The number of carboxylic acids is 1. The fraction of sp³-hybridized carbons (Fsp3) is 0.273. The smallest absolute Gasteiger partial charge is 0.323 e. The Morgan fingerprint density at radius 3 is 2.88 bits per heavy atom. The number of fused-ring (bicyclic) bond motifs is 1. The molecule has 5 nitrogen and oxygen atoms in total. The predicted molar refractivity (Wildman–Crippen MR) is 58.5 cm³/mol. The molecule has 16 heavy (non-hydrogen) atoms. The Bertz CT molecular complexity index is 431. The second-order valence-electron chi connectivity index (χ2n) is 3.58. The van der Waals surface area contributed by atoms with Crippen molar-refractivity contribution in [1.29, 1.82) is 0 Å². The lowest BCUT2D eigenvalue weighted by molar-refractivity contribution is -0.135. The first kappa shape index (κ1) is 10.5. The number of amides is 2. The Kier molecular flexibility index (Phi) is 2.76. The van der Waals surface area contributed by atoms with Gasteiger partial charge in [0.2, 0.25) is 0 Å². The monoisotopic (exact) mass is 220 g/mol. The molecule has 2 amide bonds. The number of para-hydroxylation sites is 1. The van der Waals surface area contributed by atoms with Crippen molar-refractivity contribution < 1.29 is 14.7 Å². The number of aliphatic carboxylic acids is 1. The molecule has 0 spiro atoms. The van der Waals surface area contributed by atoms with Crippen LogP contribution in [0.5, 0.6) is 0 Å². The average Bonchev–Trinajstić information content (AvgIpc) is 2.69. The predicted octanol–water partition coefficient (Wildman–Crippen LogP) is 0.843. The number of nitrogens with one attached hydrogen (secondary N) is 1. The molecule has 2 N–H and O–H groups in total. The molecule has 0 fully saturated rings. The minimum Gasteiger partial charge on any atom is -0.480 e. The summed E-state index contributed by atoms with van der Waals surface area (Å²) in [4.78, 5) is 23.6. The summed E-state index contributed by atoms with van der Waals surface area (Å²) in [5.41, 5.74) is 1.98. The highest BCUT2D eigenvalue weighted by atomic mass is 16.4. The zero-order valence-electron chi connectivity index (χ0n) is 8.64. The maximum absolute atomic E-state index is 11.7. The number of nitrogens with zero attached hydrogens (tertiary/aromatic N) is 1. The van der Waals surface area contributed by atoms with Gasteiger partial charge in [-0.25, -0.2) is 4.79 Å². The van der Waals surface area contributed by atoms with E-state index in [4.69, 9.17) is 5.11 Å². The summed E-state index contributed by atoms with van der Waals surface area (Å²) in [6.45, 7) is 0.252. The number of hydrogen-bond acceptors (Lipinski definition) is 2. The van der Waals surface area contributed by atoms with Crippen LogP contribution < -0.4 is 10.2 Å². The Morgan fingerprint density at radius 2 is 2.12 bits per heavy atom. The van der Waals surface area contributed by atoms with E-state index in [2.05, 4.69) is 5.32 Å². The van der Waals surface area contributed by atoms with E-state index in [1.54, 1.807) is 4.90 Å². The molecule has 84 valence electrons. The van der Waals surface area contributed by atoms with Crippen LogP contribution in [0.1, 0.15) is 5.56 Å². The molecule has 1 aliphatic heterocycles. The van der Waals surface area contributed by atoms with Crippen molar-refractivity contribution in [3.05, 3.63) is 29.8 Å². The molecule has 1 heterocycles. The molecule has 0 unspecified atom stereocenters. The van der Waals surface area contributed by atoms with Crippen LogP contribution in [0.3, 0.4) is 0 Å². The zero-order valence-corrected chi connectivity index (χ0v) is 8.64. The Hall–Kier alpha value is -2.04. The third kappa shape index (κ3) is 1.98. The van der Waals surface area contributed by atoms with E-state index in [0.717, 1.165) is 17.7 Å². The number of carboxylic acid groups (broad SMARTS) is 1. The van der Waals surface area contributed by atoms with Crippen molar-refractivity contribution in [2.75, 3.05) is 18.0 Å². The number of carbonyl (C=O) groups excluding carboxylic acids is 1. The van der Waals surface area contributed by atoms with Gasteiger partial charge in [-0.1, -0.05) is 18.2 Å². The van der Waals surface area contributed by atoms with Gasteiger partial charge in [0.1, 0.15) is 6.54 Å². The summed E-state index contributed by atoms with van der Waals surface area (Å²) in [5.74, 6) is -1.04. The third-order valence-corrected chi connectivity index (χ3v) is 2.52. The molecule has 0 radical (unpaired) electrons. The molecule has 2 rings (SSSR count). The molecule has 0 saturated heterocycles. The summed E-state index contributed by atoms with van der Waals surface area (Å²) in [6.07, 6.45) is 0.816. The van der Waals surface area contributed by atoms with Crippen LogP contribution in [0.2, 0.25) is 0 Å². The van der Waals surface area contributed by atoms with Crippen molar-refractivity contribution in [1.82, 2.24) is 5.32 Å². The summed E-state index contributed by atoms with van der Waals surface area (Å²) in [7, 11) is 0. The number of urea groups is 1. The quantitative estimate of drug-likeness (QED) is 0.776. The lowest BCUT2D eigenvalue weighted by Crippen LogP contribution is -2.41. The molecule has 1 aromatic carbocycles. The number of carbonyl (C=O) groups is 2. The van der Waals surface area contributed by atoms with Crippen molar-refractivity contribution in [2.24, 2.45) is 0 Å². The minimum absolute atomic E-state index is 0.350. The van der Waals surface area contributed by atoms with Crippen molar-refractivity contribution in [3.8, 4) is 0 Å². The van der Waals surface area contributed by atoms with Gasteiger partial charge < -0.3 is 10.4 Å². The van der Waals surface area contributed by atoms with Gasteiger partial charge in [0.05, 0.1) is 0 Å². The first-order chi connectivity index (χ1) is 7.68. The van der Waals surface area contributed by atoms with Gasteiger partial charge in [0.15, 0.2) is 0 Å². The first-order valence-corrected chi connectivity index (χ1v) is 5.03. The summed E-state index contributed by atoms with van der Waals surface area (Å²) >= 11 is 0. The van der Waals surface area contributed by atoms with Crippen LogP contribution in [-0.2, 0) is 11.2 Å². The fourth-order valence-corrected chi connectivity index (χ4v) is 1.80. The van der Waals surface area contributed by atoms with Gasteiger partial charge in [-0.2, -0.15) is 0 Å². The molecule has 0 aromatic heterocycles. The second-order valence-corrected chi connectivity index (χ2v) is 3.58. The van der Waals surface area contributed by atoms with Gasteiger partial charge in [0.25, 0.3) is 0 Å². The molecule has 0 atom stereocenters. The molecular weight excluding hydrogens is 208 g/mol. The van der Waals surface area contributed by atoms with Crippen LogP contribution in [0.15, 0.2) is 24.3 Å². The van der Waals surface area contributed by atoms with Gasteiger partial charge in [0, 0.05) is 12.2 Å². The second kappa shape index (κ2) is 4.22. The molecule has 0 bridgehead atoms. The van der Waals surface area contributed by atoms with E-state index >= 15 is 0 Å².